The van der Waals surface area contributed by atoms with E-state index >= 15 is 0 Å². The lowest BCUT2D eigenvalue weighted by Gasteiger charge is -2.02. The lowest BCUT2D eigenvalue weighted by atomic mass is 10.2. The molecule has 0 bridgehead atoms. The average Bonchev–Trinajstić information content (AvgIpc) is 2.32. The quantitative estimate of drug-likeness (QED) is 0.710. The Morgan fingerprint density at radius 2 is 2.18 bits per heavy atom. The Kier molecular flexibility index (Phi) is 2.16. The number of hydrogen-bond donors (Lipinski definition) is 1. The maximum absolute atomic E-state index is 11.6. The van der Waals surface area contributed by atoms with Crippen LogP contribution in [0.5, 0.6) is 0 Å². The number of nitrogens with one attached hydrogen (secondary N) is 1. The Morgan fingerprint density at radius 3 is 2.64 bits per heavy atom. The molecule has 0 spiro atoms. The number of aryl methyl sites for hydroxylation is 1. The fraction of sp³-hybridized carbons (Fsp3) is 0.500. The maximum atomic E-state index is 11.6. The Hall–Kier alpha value is -1.00. The molecule has 11 heavy (non-hydrogen) atoms. The number of aromatic nitrogens is 2. The summed E-state index contributed by atoms with van der Waals surface area (Å²) in [5.41, 5.74) is 0.585. The third kappa shape index (κ3) is 3.06. The smallest absolute Gasteiger partial charge is 0.285 e. The normalized spacial score (nSPS) is 11.9. The monoisotopic (exact) mass is 164 g/mol. The molecular formula is C6H7F3N2. The van der Waals surface area contributed by atoms with Gasteiger partial charge < -0.3 is 0 Å². The van der Waals surface area contributed by atoms with Gasteiger partial charge in [0, 0.05) is 12.6 Å². The van der Waals surface area contributed by atoms with Gasteiger partial charge in [0.25, 0.3) is 0 Å². The highest BCUT2D eigenvalue weighted by atomic mass is 19.4. The summed E-state index contributed by atoms with van der Waals surface area (Å²) in [4.78, 5) is 0. The molecule has 1 heterocycles. The average molecular weight is 164 g/mol. The second kappa shape index (κ2) is 2.94. The highest BCUT2D eigenvalue weighted by Gasteiger charge is 2.26. The van der Waals surface area contributed by atoms with Gasteiger partial charge in [0.15, 0.2) is 0 Å². The van der Waals surface area contributed by atoms with Gasteiger partial charge in [0.2, 0.25) is 0 Å². The molecule has 2 nitrogen and oxygen atoms in total. The van der Waals surface area contributed by atoms with Crippen LogP contribution < -0.4 is 0 Å². The van der Waals surface area contributed by atoms with Gasteiger partial charge in [-0.25, -0.2) is 0 Å². The van der Waals surface area contributed by atoms with Gasteiger partial charge in [-0.05, 0) is 12.0 Å². The van der Waals surface area contributed by atoms with Gasteiger partial charge >= 0.3 is 6.18 Å². The molecule has 1 aromatic heterocycles. The van der Waals surface area contributed by atoms with Crippen molar-refractivity contribution in [3.05, 3.63) is 18.0 Å². The summed E-state index contributed by atoms with van der Waals surface area (Å²) in [6, 6.07) is 0. The standard InChI is InChI=1S/C6H7F3N2/c7-6(8,9)2-1-5-3-10-11-4-5/h3-4H,1-2H2,(H,10,11). The number of nitrogens with zero attached hydrogens (tertiary/aromatic N) is 1. The summed E-state index contributed by atoms with van der Waals surface area (Å²) < 4.78 is 34.9. The molecule has 0 atom stereocenters. The zero-order chi connectivity index (χ0) is 8.32. The Balaban J connectivity index is 2.35. The highest BCUT2D eigenvalue weighted by molar-refractivity contribution is 5.02. The molecule has 1 rings (SSSR count). The topological polar surface area (TPSA) is 28.7 Å². The molecule has 0 aliphatic heterocycles. The minimum atomic E-state index is -4.07. The molecule has 1 aromatic rings. The SMILES string of the molecule is FC(F)(F)CCc1cn[nH]c1. The molecule has 0 amide bonds. The van der Waals surface area contributed by atoms with E-state index in [1.54, 1.807) is 0 Å². The lowest BCUT2D eigenvalue weighted by molar-refractivity contribution is -0.133. The molecule has 5 heteroatoms. The molecular weight excluding hydrogens is 157 g/mol. The number of aromatic amines is 1. The van der Waals surface area contributed by atoms with Crippen molar-refractivity contribution in [3.8, 4) is 0 Å². The van der Waals surface area contributed by atoms with Gasteiger partial charge in [-0.2, -0.15) is 18.3 Å². The number of H-pyrrole nitrogens is 1. The van der Waals surface area contributed by atoms with Gasteiger partial charge in [-0.15, -0.1) is 0 Å². The number of hydrogen-bond acceptors (Lipinski definition) is 1. The summed E-state index contributed by atoms with van der Waals surface area (Å²) in [7, 11) is 0. The van der Waals surface area contributed by atoms with E-state index in [0.717, 1.165) is 0 Å². The third-order valence-corrected chi connectivity index (χ3v) is 1.25. The van der Waals surface area contributed by atoms with Crippen molar-refractivity contribution in [2.24, 2.45) is 0 Å². The predicted octanol–water partition coefficient (Wildman–Crippen LogP) is 1.90. The summed E-state index contributed by atoms with van der Waals surface area (Å²) >= 11 is 0. The molecule has 0 aromatic carbocycles. The first-order chi connectivity index (χ1) is 5.08. The van der Waals surface area contributed by atoms with Crippen LogP contribution >= 0.6 is 0 Å². The van der Waals surface area contributed by atoms with Crippen molar-refractivity contribution >= 4 is 0 Å². The van der Waals surface area contributed by atoms with Crippen LogP contribution in [0.25, 0.3) is 0 Å². The van der Waals surface area contributed by atoms with Crippen molar-refractivity contribution in [1.82, 2.24) is 10.2 Å². The van der Waals surface area contributed by atoms with Gasteiger partial charge in [-0.3, -0.25) is 5.10 Å². The number of halogens is 3. The number of rotatable bonds is 2. The Labute approximate surface area is 61.4 Å². The van der Waals surface area contributed by atoms with Crippen LogP contribution in [0.1, 0.15) is 12.0 Å². The van der Waals surface area contributed by atoms with Crippen LogP contribution in [0, 0.1) is 0 Å². The molecule has 1 N–H and O–H groups in total. The molecule has 62 valence electrons. The maximum Gasteiger partial charge on any atom is 0.389 e. The van der Waals surface area contributed by atoms with E-state index < -0.39 is 12.6 Å². The van der Waals surface area contributed by atoms with Crippen LogP contribution in [0.2, 0.25) is 0 Å². The zero-order valence-corrected chi connectivity index (χ0v) is 5.65. The van der Waals surface area contributed by atoms with E-state index in [2.05, 4.69) is 10.2 Å². The summed E-state index contributed by atoms with van der Waals surface area (Å²) in [5, 5.41) is 5.98. The zero-order valence-electron chi connectivity index (χ0n) is 5.65. The van der Waals surface area contributed by atoms with Gasteiger partial charge in [-0.1, -0.05) is 0 Å². The van der Waals surface area contributed by atoms with Crippen LogP contribution in [-0.4, -0.2) is 16.4 Å². The third-order valence-electron chi connectivity index (χ3n) is 1.25. The van der Waals surface area contributed by atoms with Gasteiger partial charge in [0.1, 0.15) is 0 Å². The van der Waals surface area contributed by atoms with E-state index in [4.69, 9.17) is 0 Å². The van der Waals surface area contributed by atoms with Crippen molar-refractivity contribution in [2.45, 2.75) is 19.0 Å². The molecule has 0 aliphatic rings. The highest BCUT2D eigenvalue weighted by Crippen LogP contribution is 2.21. The summed E-state index contributed by atoms with van der Waals surface area (Å²) in [6.07, 6.45) is -2.00. The van der Waals surface area contributed by atoms with Crippen molar-refractivity contribution in [1.29, 1.82) is 0 Å². The number of alkyl halides is 3. The van der Waals surface area contributed by atoms with Crippen LogP contribution in [0.4, 0.5) is 13.2 Å². The molecule has 0 saturated carbocycles. The first-order valence-corrected chi connectivity index (χ1v) is 3.12. The summed E-state index contributed by atoms with van der Waals surface area (Å²) in [5.74, 6) is 0. The largest absolute Gasteiger partial charge is 0.389 e. The van der Waals surface area contributed by atoms with Crippen molar-refractivity contribution < 1.29 is 13.2 Å². The van der Waals surface area contributed by atoms with E-state index in [-0.39, 0.29) is 6.42 Å². The Bertz CT molecular complexity index is 202. The molecule has 0 aliphatic carbocycles. The molecule has 0 fully saturated rings. The first kappa shape index (κ1) is 8.10. The van der Waals surface area contributed by atoms with Gasteiger partial charge in [0.05, 0.1) is 6.20 Å². The lowest BCUT2D eigenvalue weighted by Crippen LogP contribution is -2.08. The fourth-order valence-corrected chi connectivity index (χ4v) is 0.700. The van der Waals surface area contributed by atoms with Crippen LogP contribution in [0.3, 0.4) is 0 Å². The van der Waals surface area contributed by atoms with Crippen molar-refractivity contribution in [3.63, 3.8) is 0 Å². The molecule has 0 radical (unpaired) electrons. The van der Waals surface area contributed by atoms with E-state index in [0.29, 0.717) is 5.56 Å². The second-order valence-corrected chi connectivity index (χ2v) is 2.22. The van der Waals surface area contributed by atoms with E-state index in [9.17, 15) is 13.2 Å². The predicted molar refractivity (Wildman–Crippen MR) is 33.0 cm³/mol. The van der Waals surface area contributed by atoms with E-state index in [1.165, 1.54) is 12.4 Å². The van der Waals surface area contributed by atoms with Crippen LogP contribution in [0.15, 0.2) is 12.4 Å². The van der Waals surface area contributed by atoms with Crippen LogP contribution in [-0.2, 0) is 6.42 Å². The Morgan fingerprint density at radius 1 is 1.45 bits per heavy atom. The van der Waals surface area contributed by atoms with Crippen molar-refractivity contribution in [2.75, 3.05) is 0 Å². The minimum Gasteiger partial charge on any atom is -0.285 e. The first-order valence-electron chi connectivity index (χ1n) is 3.12. The summed E-state index contributed by atoms with van der Waals surface area (Å²) in [6.45, 7) is 0. The second-order valence-electron chi connectivity index (χ2n) is 2.22. The minimum absolute atomic E-state index is 0.000000000000000222. The van der Waals surface area contributed by atoms with E-state index in [1.807, 2.05) is 0 Å². The molecule has 0 saturated heterocycles. The fourth-order valence-electron chi connectivity index (χ4n) is 0.700. The molecule has 0 unspecified atom stereocenters.